The first-order valence-electron chi connectivity index (χ1n) is 9.70. The Kier molecular flexibility index (Phi) is 4.40. The molecule has 3 aliphatic rings. The summed E-state index contributed by atoms with van der Waals surface area (Å²) in [5.41, 5.74) is 5.46. The van der Waals surface area contributed by atoms with Crippen LogP contribution in [0.4, 0.5) is 0 Å². The topological polar surface area (TPSA) is 96.6 Å². The highest BCUT2D eigenvalue weighted by molar-refractivity contribution is 6.07. The summed E-state index contributed by atoms with van der Waals surface area (Å²) in [6, 6.07) is 3.85. The second kappa shape index (κ2) is 6.62. The number of hydrogen-bond donors (Lipinski definition) is 1. The lowest BCUT2D eigenvalue weighted by Crippen LogP contribution is -2.56. The third-order valence-electron chi connectivity index (χ3n) is 6.42. The maximum atomic E-state index is 12.9. The van der Waals surface area contributed by atoms with Gasteiger partial charge in [-0.2, -0.15) is 0 Å². The Labute approximate surface area is 158 Å². The second-order valence-corrected chi connectivity index (χ2v) is 8.39. The van der Waals surface area contributed by atoms with E-state index in [9.17, 15) is 14.4 Å². The molecular formula is C20H26N4O3. The molecule has 0 bridgehead atoms. The molecule has 7 heteroatoms. The molecule has 4 rings (SSSR count). The van der Waals surface area contributed by atoms with Crippen LogP contribution in [0.25, 0.3) is 0 Å². The van der Waals surface area contributed by atoms with Crippen LogP contribution in [0, 0.1) is 10.8 Å². The van der Waals surface area contributed by atoms with Gasteiger partial charge >= 0.3 is 0 Å². The minimum absolute atomic E-state index is 0.0856. The Morgan fingerprint density at radius 2 is 2.00 bits per heavy atom. The Balaban J connectivity index is 1.48. The van der Waals surface area contributed by atoms with Crippen LogP contribution >= 0.6 is 0 Å². The van der Waals surface area contributed by atoms with Crippen molar-refractivity contribution in [2.75, 3.05) is 19.6 Å². The van der Waals surface area contributed by atoms with Gasteiger partial charge in [0.1, 0.15) is 5.41 Å². The van der Waals surface area contributed by atoms with Gasteiger partial charge in [0.25, 0.3) is 0 Å². The van der Waals surface area contributed by atoms with Crippen molar-refractivity contribution < 1.29 is 14.4 Å². The number of likely N-dealkylation sites (tertiary alicyclic amines) is 2. The lowest BCUT2D eigenvalue weighted by molar-refractivity contribution is -0.149. The molecule has 1 aromatic heterocycles. The second-order valence-electron chi connectivity index (χ2n) is 8.39. The van der Waals surface area contributed by atoms with Crippen molar-refractivity contribution in [3.05, 3.63) is 30.1 Å². The van der Waals surface area contributed by atoms with E-state index < -0.39 is 11.3 Å². The van der Waals surface area contributed by atoms with Gasteiger partial charge in [-0.05, 0) is 43.7 Å². The van der Waals surface area contributed by atoms with Gasteiger partial charge in [-0.3, -0.25) is 19.4 Å². The van der Waals surface area contributed by atoms with Gasteiger partial charge in [0.2, 0.25) is 17.7 Å². The minimum atomic E-state index is -0.960. The summed E-state index contributed by atoms with van der Waals surface area (Å²) in [5, 5.41) is 0. The first-order chi connectivity index (χ1) is 12.9. The van der Waals surface area contributed by atoms with Crippen molar-refractivity contribution in [3.8, 4) is 0 Å². The highest BCUT2D eigenvalue weighted by Gasteiger charge is 2.58. The van der Waals surface area contributed by atoms with Gasteiger partial charge in [-0.1, -0.05) is 6.07 Å². The van der Waals surface area contributed by atoms with Gasteiger partial charge in [-0.15, -0.1) is 0 Å². The molecule has 1 atom stereocenters. The Bertz CT molecular complexity index is 762. The molecule has 27 heavy (non-hydrogen) atoms. The van der Waals surface area contributed by atoms with E-state index in [0.717, 1.165) is 24.8 Å². The minimum Gasteiger partial charge on any atom is -0.369 e. The lowest BCUT2D eigenvalue weighted by Gasteiger charge is -2.48. The molecule has 7 nitrogen and oxygen atoms in total. The van der Waals surface area contributed by atoms with Gasteiger partial charge in [-0.25, -0.2) is 0 Å². The molecule has 2 aliphatic heterocycles. The number of hydrogen-bond acceptors (Lipinski definition) is 4. The predicted octanol–water partition coefficient (Wildman–Crippen LogP) is 1.08. The van der Waals surface area contributed by atoms with Gasteiger partial charge < -0.3 is 15.5 Å². The van der Waals surface area contributed by atoms with E-state index in [4.69, 9.17) is 5.73 Å². The first-order valence-corrected chi connectivity index (χ1v) is 9.70. The number of carbonyl (C=O) groups is 3. The van der Waals surface area contributed by atoms with Crippen molar-refractivity contribution in [3.63, 3.8) is 0 Å². The Morgan fingerprint density at radius 3 is 2.67 bits per heavy atom. The molecule has 1 spiro atoms. The number of pyridine rings is 1. The smallest absolute Gasteiger partial charge is 0.238 e. The predicted molar refractivity (Wildman–Crippen MR) is 98.0 cm³/mol. The van der Waals surface area contributed by atoms with Crippen molar-refractivity contribution >= 4 is 17.7 Å². The molecule has 2 N–H and O–H groups in total. The third-order valence-corrected chi connectivity index (χ3v) is 6.42. The van der Waals surface area contributed by atoms with Crippen LogP contribution in [0.2, 0.25) is 0 Å². The highest BCUT2D eigenvalue weighted by Crippen LogP contribution is 2.48. The van der Waals surface area contributed by atoms with Gasteiger partial charge in [0.15, 0.2) is 0 Å². The molecule has 1 aromatic rings. The number of nitrogens with zero attached hydrogens (tertiary/aromatic N) is 3. The summed E-state index contributed by atoms with van der Waals surface area (Å²) < 4.78 is 0. The summed E-state index contributed by atoms with van der Waals surface area (Å²) in [4.78, 5) is 45.0. The average molecular weight is 370 g/mol. The van der Waals surface area contributed by atoms with Crippen LogP contribution in [-0.2, 0) is 20.9 Å². The number of carbonyl (C=O) groups excluding carboxylic acids is 3. The fourth-order valence-electron chi connectivity index (χ4n) is 4.67. The number of amides is 3. The molecule has 3 amide bonds. The molecule has 0 unspecified atom stereocenters. The van der Waals surface area contributed by atoms with E-state index in [1.807, 2.05) is 21.9 Å². The monoisotopic (exact) mass is 370 g/mol. The highest BCUT2D eigenvalue weighted by atomic mass is 16.2. The zero-order chi connectivity index (χ0) is 19.1. The number of aromatic nitrogens is 1. The molecule has 3 heterocycles. The Morgan fingerprint density at radius 1 is 1.19 bits per heavy atom. The van der Waals surface area contributed by atoms with E-state index in [1.165, 1.54) is 0 Å². The van der Waals surface area contributed by atoms with E-state index in [0.29, 0.717) is 45.4 Å². The van der Waals surface area contributed by atoms with Crippen LogP contribution in [-0.4, -0.2) is 52.1 Å². The molecule has 0 aromatic carbocycles. The van der Waals surface area contributed by atoms with Crippen LogP contribution in [0.15, 0.2) is 24.5 Å². The average Bonchev–Trinajstić information content (AvgIpc) is 3.47. The van der Waals surface area contributed by atoms with Crippen molar-refractivity contribution in [2.24, 2.45) is 16.6 Å². The fourth-order valence-corrected chi connectivity index (χ4v) is 4.67. The van der Waals surface area contributed by atoms with Gasteiger partial charge in [0, 0.05) is 50.4 Å². The summed E-state index contributed by atoms with van der Waals surface area (Å²) >= 11 is 0. The molecule has 1 aliphatic carbocycles. The number of nitrogens with two attached hydrogens (primary N) is 1. The molecule has 144 valence electrons. The summed E-state index contributed by atoms with van der Waals surface area (Å²) in [7, 11) is 0. The quantitative estimate of drug-likeness (QED) is 0.802. The first kappa shape index (κ1) is 17.9. The molecule has 2 saturated heterocycles. The van der Waals surface area contributed by atoms with Crippen LogP contribution in [0.3, 0.4) is 0 Å². The summed E-state index contributed by atoms with van der Waals surface area (Å²) in [5.74, 6) is -0.447. The van der Waals surface area contributed by atoms with Crippen LogP contribution in [0.1, 0.15) is 44.1 Å². The van der Waals surface area contributed by atoms with E-state index in [1.54, 1.807) is 12.4 Å². The third kappa shape index (κ3) is 3.31. The van der Waals surface area contributed by atoms with E-state index in [2.05, 4.69) is 4.98 Å². The maximum Gasteiger partial charge on any atom is 0.238 e. The van der Waals surface area contributed by atoms with Crippen molar-refractivity contribution in [1.82, 2.24) is 14.8 Å². The summed E-state index contributed by atoms with van der Waals surface area (Å²) in [6.45, 7) is 2.48. The zero-order valence-electron chi connectivity index (χ0n) is 15.5. The maximum absolute atomic E-state index is 12.9. The van der Waals surface area contributed by atoms with Crippen molar-refractivity contribution in [2.45, 2.75) is 45.1 Å². The van der Waals surface area contributed by atoms with E-state index in [-0.39, 0.29) is 17.2 Å². The number of rotatable bonds is 4. The summed E-state index contributed by atoms with van der Waals surface area (Å²) in [6.07, 6.45) is 7.83. The van der Waals surface area contributed by atoms with Crippen LogP contribution in [0.5, 0.6) is 0 Å². The molecule has 3 fully saturated rings. The largest absolute Gasteiger partial charge is 0.369 e. The van der Waals surface area contributed by atoms with Gasteiger partial charge in [0.05, 0.1) is 0 Å². The Hall–Kier alpha value is -2.44. The fraction of sp³-hybridized carbons (Fsp3) is 0.600. The normalized spacial score (nSPS) is 26.9. The zero-order valence-corrected chi connectivity index (χ0v) is 15.5. The molecule has 1 saturated carbocycles. The van der Waals surface area contributed by atoms with Crippen LogP contribution < -0.4 is 5.73 Å². The lowest BCUT2D eigenvalue weighted by atomic mass is 9.73. The molecule has 0 radical (unpaired) electrons. The molecular weight excluding hydrogens is 344 g/mol. The van der Waals surface area contributed by atoms with E-state index >= 15 is 0 Å². The number of piperidine rings is 2. The standard InChI is InChI=1S/C20H26N4O3/c21-17(26)20(7-8-20)18(27)23-10-2-5-19(13-23)6-4-16(25)24(14-19)12-15-3-1-9-22-11-15/h1,3,9,11H,2,4-8,10,12-14H2,(H2,21,26)/t19-/m0/s1. The van der Waals surface area contributed by atoms with Crippen molar-refractivity contribution in [1.29, 1.82) is 0 Å². The SMILES string of the molecule is NC(=O)C1(C(=O)N2CCC[C@]3(CCC(=O)N(Cc4cccnc4)C3)C2)CC1. The number of primary amides is 1.